The van der Waals surface area contributed by atoms with Gasteiger partial charge < -0.3 is 10.6 Å². The lowest BCUT2D eigenvalue weighted by atomic mass is 10.1. The molecule has 96 valence electrons. The topological polar surface area (TPSA) is 52.7 Å². The molecule has 1 aromatic rings. The van der Waals surface area contributed by atoms with Crippen LogP contribution in [-0.4, -0.2) is 28.8 Å². The molecule has 0 fully saturated rings. The minimum Gasteiger partial charge on any atom is -0.311 e. The Morgan fingerprint density at radius 2 is 2.06 bits per heavy atom. The van der Waals surface area contributed by atoms with Gasteiger partial charge in [0.2, 0.25) is 0 Å². The Kier molecular flexibility index (Phi) is 3.84. The predicted octanol–water partition coefficient (Wildman–Crippen LogP) is 1.38. The number of nitrogens with one attached hydrogen (secondary N) is 3. The Hall–Kier alpha value is -0.870. The molecule has 0 aromatic carbocycles. The summed E-state index contributed by atoms with van der Waals surface area (Å²) >= 11 is 0. The molecule has 0 amide bonds. The third kappa shape index (κ3) is 3.54. The van der Waals surface area contributed by atoms with Crippen LogP contribution in [0.15, 0.2) is 0 Å². The van der Waals surface area contributed by atoms with Gasteiger partial charge >= 0.3 is 0 Å². The molecule has 1 aliphatic rings. The average Bonchev–Trinajstić information content (AvgIpc) is 2.79. The van der Waals surface area contributed by atoms with Crippen LogP contribution in [0.4, 0.5) is 0 Å². The number of aromatic nitrogens is 2. The van der Waals surface area contributed by atoms with E-state index in [1.165, 1.54) is 36.2 Å². The minimum atomic E-state index is 0.204. The van der Waals surface area contributed by atoms with E-state index < -0.39 is 0 Å². The van der Waals surface area contributed by atoms with E-state index in [0.717, 1.165) is 19.6 Å². The molecule has 1 aliphatic carbocycles. The summed E-state index contributed by atoms with van der Waals surface area (Å²) in [5.74, 6) is 0. The van der Waals surface area contributed by atoms with E-state index in [4.69, 9.17) is 0 Å². The smallest absolute Gasteiger partial charge is 0.0794 e. The lowest BCUT2D eigenvalue weighted by Gasteiger charge is -2.20. The van der Waals surface area contributed by atoms with Crippen molar-refractivity contribution in [1.82, 2.24) is 20.8 Å². The second-order valence-electron chi connectivity index (χ2n) is 5.83. The van der Waals surface area contributed by atoms with Crippen LogP contribution in [0, 0.1) is 0 Å². The minimum absolute atomic E-state index is 0.204. The zero-order valence-corrected chi connectivity index (χ0v) is 11.2. The molecule has 1 aromatic heterocycles. The molecule has 17 heavy (non-hydrogen) atoms. The van der Waals surface area contributed by atoms with Crippen molar-refractivity contribution in [1.29, 1.82) is 0 Å². The Morgan fingerprint density at radius 1 is 1.24 bits per heavy atom. The van der Waals surface area contributed by atoms with E-state index in [0.29, 0.717) is 0 Å². The van der Waals surface area contributed by atoms with Crippen LogP contribution >= 0.6 is 0 Å². The fraction of sp³-hybridized carbons (Fsp3) is 0.769. The van der Waals surface area contributed by atoms with Crippen LogP contribution < -0.4 is 10.6 Å². The van der Waals surface area contributed by atoms with Gasteiger partial charge in [0, 0.05) is 30.9 Å². The van der Waals surface area contributed by atoms with Crippen molar-refractivity contribution in [2.24, 2.45) is 0 Å². The average molecular weight is 236 g/mol. The largest absolute Gasteiger partial charge is 0.311 e. The number of nitrogens with zero attached hydrogens (tertiary/aromatic N) is 1. The molecule has 0 unspecified atom stereocenters. The van der Waals surface area contributed by atoms with Crippen molar-refractivity contribution in [3.05, 3.63) is 17.0 Å². The maximum Gasteiger partial charge on any atom is 0.0794 e. The first-order chi connectivity index (χ1) is 8.06. The van der Waals surface area contributed by atoms with Crippen molar-refractivity contribution in [2.75, 3.05) is 13.1 Å². The lowest BCUT2D eigenvalue weighted by molar-refractivity contribution is 0.421. The van der Waals surface area contributed by atoms with E-state index >= 15 is 0 Å². The first kappa shape index (κ1) is 12.6. The van der Waals surface area contributed by atoms with Gasteiger partial charge in [-0.3, -0.25) is 5.10 Å². The van der Waals surface area contributed by atoms with Crippen molar-refractivity contribution >= 4 is 0 Å². The molecule has 0 spiro atoms. The first-order valence-corrected chi connectivity index (χ1v) is 6.57. The van der Waals surface area contributed by atoms with Gasteiger partial charge in [0.05, 0.1) is 5.69 Å². The Morgan fingerprint density at radius 3 is 2.82 bits per heavy atom. The third-order valence-electron chi connectivity index (χ3n) is 3.14. The van der Waals surface area contributed by atoms with Gasteiger partial charge in [0.1, 0.15) is 0 Å². The van der Waals surface area contributed by atoms with Crippen LogP contribution in [0.5, 0.6) is 0 Å². The van der Waals surface area contributed by atoms with Crippen LogP contribution in [0.3, 0.4) is 0 Å². The Bertz CT molecular complexity index is 362. The van der Waals surface area contributed by atoms with Gasteiger partial charge in [0.25, 0.3) is 0 Å². The van der Waals surface area contributed by atoms with E-state index in [-0.39, 0.29) is 5.54 Å². The van der Waals surface area contributed by atoms with Gasteiger partial charge in [-0.05, 0) is 45.6 Å². The highest BCUT2D eigenvalue weighted by molar-refractivity contribution is 5.29. The van der Waals surface area contributed by atoms with E-state index in [2.05, 4.69) is 41.6 Å². The zero-order valence-electron chi connectivity index (χ0n) is 11.2. The summed E-state index contributed by atoms with van der Waals surface area (Å²) in [7, 11) is 0. The van der Waals surface area contributed by atoms with Crippen molar-refractivity contribution in [3.8, 4) is 0 Å². The lowest BCUT2D eigenvalue weighted by Crippen LogP contribution is -2.40. The normalized spacial score (nSPS) is 15.2. The number of aryl methyl sites for hydroxylation is 1. The molecule has 0 aliphatic heterocycles. The predicted molar refractivity (Wildman–Crippen MR) is 70.1 cm³/mol. The van der Waals surface area contributed by atoms with E-state index in [1.807, 2.05) is 0 Å². The highest BCUT2D eigenvalue weighted by Crippen LogP contribution is 2.22. The molecule has 0 saturated carbocycles. The number of rotatable bonds is 5. The number of hydrogen-bond acceptors (Lipinski definition) is 3. The summed E-state index contributed by atoms with van der Waals surface area (Å²) in [5.41, 5.74) is 4.24. The first-order valence-electron chi connectivity index (χ1n) is 6.57. The van der Waals surface area contributed by atoms with Crippen LogP contribution in [0.1, 0.15) is 44.1 Å². The SMILES string of the molecule is CC(C)(C)NCCNCc1n[nH]c2c1CCC2. The fourth-order valence-electron chi connectivity index (χ4n) is 2.27. The number of aromatic amines is 1. The quantitative estimate of drug-likeness (QED) is 0.677. The maximum absolute atomic E-state index is 4.38. The third-order valence-corrected chi connectivity index (χ3v) is 3.14. The number of H-pyrrole nitrogens is 1. The van der Waals surface area contributed by atoms with Gasteiger partial charge in [-0.25, -0.2) is 0 Å². The van der Waals surface area contributed by atoms with Crippen molar-refractivity contribution in [2.45, 2.75) is 52.1 Å². The summed E-state index contributed by atoms with van der Waals surface area (Å²) in [6.45, 7) is 9.43. The molecule has 3 N–H and O–H groups in total. The summed E-state index contributed by atoms with van der Waals surface area (Å²) in [4.78, 5) is 0. The van der Waals surface area contributed by atoms with Crippen molar-refractivity contribution < 1.29 is 0 Å². The molecule has 0 bridgehead atoms. The molecule has 4 nitrogen and oxygen atoms in total. The fourth-order valence-corrected chi connectivity index (χ4v) is 2.27. The molecule has 1 heterocycles. The van der Waals surface area contributed by atoms with Gasteiger partial charge in [-0.2, -0.15) is 5.10 Å². The Balaban J connectivity index is 1.68. The number of hydrogen-bond donors (Lipinski definition) is 3. The van der Waals surface area contributed by atoms with Gasteiger partial charge in [-0.15, -0.1) is 0 Å². The summed E-state index contributed by atoms with van der Waals surface area (Å²) in [6, 6.07) is 0. The maximum atomic E-state index is 4.38. The van der Waals surface area contributed by atoms with E-state index in [1.54, 1.807) is 0 Å². The molecule has 0 radical (unpaired) electrons. The summed E-state index contributed by atoms with van der Waals surface area (Å²) < 4.78 is 0. The van der Waals surface area contributed by atoms with Gasteiger partial charge in [0.15, 0.2) is 0 Å². The highest BCUT2D eigenvalue weighted by atomic mass is 15.1. The van der Waals surface area contributed by atoms with Crippen LogP contribution in [0.2, 0.25) is 0 Å². The molecule has 0 saturated heterocycles. The monoisotopic (exact) mass is 236 g/mol. The van der Waals surface area contributed by atoms with Crippen molar-refractivity contribution in [3.63, 3.8) is 0 Å². The second-order valence-corrected chi connectivity index (χ2v) is 5.83. The highest BCUT2D eigenvalue weighted by Gasteiger charge is 2.17. The molecule has 0 atom stereocenters. The summed E-state index contributed by atoms with van der Waals surface area (Å²) in [5, 5.41) is 14.4. The van der Waals surface area contributed by atoms with Gasteiger partial charge in [-0.1, -0.05) is 0 Å². The van der Waals surface area contributed by atoms with Crippen LogP contribution in [0.25, 0.3) is 0 Å². The molecular weight excluding hydrogens is 212 g/mol. The molecular formula is C13H24N4. The second kappa shape index (κ2) is 5.19. The molecule has 4 heteroatoms. The van der Waals surface area contributed by atoms with Crippen LogP contribution in [-0.2, 0) is 19.4 Å². The number of fused-ring (bicyclic) bond motifs is 1. The molecule has 2 rings (SSSR count). The standard InChI is InChI=1S/C13H24N4/c1-13(2,3)15-8-7-14-9-12-10-5-4-6-11(10)16-17-12/h14-15H,4-9H2,1-3H3,(H,16,17). The van der Waals surface area contributed by atoms with E-state index in [9.17, 15) is 0 Å². The Labute approximate surface area is 104 Å². The summed E-state index contributed by atoms with van der Waals surface area (Å²) in [6.07, 6.45) is 3.65. The zero-order chi connectivity index (χ0) is 12.3.